The van der Waals surface area contributed by atoms with Crippen molar-refractivity contribution in [2.75, 3.05) is 5.32 Å². The number of hydrogen-bond acceptors (Lipinski definition) is 1. The van der Waals surface area contributed by atoms with Crippen molar-refractivity contribution in [2.45, 2.75) is 45.1 Å². The van der Waals surface area contributed by atoms with Crippen LogP contribution >= 0.6 is 0 Å². The zero-order valence-corrected chi connectivity index (χ0v) is 12.2. The highest BCUT2D eigenvalue weighted by atomic mass is 14.9. The maximum absolute atomic E-state index is 3.70. The number of fused-ring (bicyclic) bond motifs is 1. The van der Waals surface area contributed by atoms with E-state index in [-0.39, 0.29) is 0 Å². The summed E-state index contributed by atoms with van der Waals surface area (Å²) in [6.07, 6.45) is 5.97. The lowest BCUT2D eigenvalue weighted by Crippen LogP contribution is -2.27. The molecular formula is C19H23N. The van der Waals surface area contributed by atoms with Crippen LogP contribution in [0.15, 0.2) is 48.5 Å². The van der Waals surface area contributed by atoms with Crippen molar-refractivity contribution in [3.63, 3.8) is 0 Å². The molecule has 0 amide bonds. The van der Waals surface area contributed by atoms with Gasteiger partial charge in [-0.1, -0.05) is 55.8 Å². The Bertz CT molecular complexity index is 573. The first-order valence-corrected chi connectivity index (χ1v) is 7.77. The van der Waals surface area contributed by atoms with Crippen LogP contribution in [0.4, 0.5) is 5.69 Å². The van der Waals surface area contributed by atoms with Crippen LogP contribution in [-0.4, -0.2) is 6.04 Å². The van der Waals surface area contributed by atoms with Crippen molar-refractivity contribution in [3.05, 3.63) is 65.2 Å². The minimum absolute atomic E-state index is 0.571. The quantitative estimate of drug-likeness (QED) is 0.851. The molecule has 104 valence electrons. The average molecular weight is 265 g/mol. The molecule has 1 aliphatic rings. The largest absolute Gasteiger partial charge is 0.382 e. The second kappa shape index (κ2) is 6.13. The summed E-state index contributed by atoms with van der Waals surface area (Å²) in [5.74, 6) is 0. The van der Waals surface area contributed by atoms with Gasteiger partial charge in [0, 0.05) is 11.7 Å². The normalized spacial score (nSPS) is 17.4. The van der Waals surface area contributed by atoms with E-state index in [9.17, 15) is 0 Å². The van der Waals surface area contributed by atoms with E-state index in [1.165, 1.54) is 48.1 Å². The van der Waals surface area contributed by atoms with Gasteiger partial charge >= 0.3 is 0 Å². The standard InChI is InChI=1S/C19H23N/c1-2-6-15-7-5-8-16(13-15)14-18-12-11-17-9-3-4-10-19(17)20-18/h3-5,7-10,13,18,20H,2,6,11-12,14H2,1H3. The number of rotatable bonds is 4. The molecule has 0 spiro atoms. The first kappa shape index (κ1) is 13.2. The molecule has 0 aromatic heterocycles. The van der Waals surface area contributed by atoms with Crippen molar-refractivity contribution in [1.82, 2.24) is 0 Å². The fourth-order valence-electron chi connectivity index (χ4n) is 3.14. The average Bonchev–Trinajstić information content (AvgIpc) is 2.48. The van der Waals surface area contributed by atoms with Gasteiger partial charge in [-0.05, 0) is 48.4 Å². The Hall–Kier alpha value is -1.76. The number of anilines is 1. The summed E-state index contributed by atoms with van der Waals surface area (Å²) in [4.78, 5) is 0. The van der Waals surface area contributed by atoms with E-state index >= 15 is 0 Å². The van der Waals surface area contributed by atoms with Gasteiger partial charge in [0.15, 0.2) is 0 Å². The Morgan fingerprint density at radius 1 is 1.05 bits per heavy atom. The van der Waals surface area contributed by atoms with Crippen LogP contribution in [0.2, 0.25) is 0 Å². The third-order valence-corrected chi connectivity index (χ3v) is 4.15. The topological polar surface area (TPSA) is 12.0 Å². The van der Waals surface area contributed by atoms with E-state index in [1.807, 2.05) is 0 Å². The molecule has 0 radical (unpaired) electrons. The third kappa shape index (κ3) is 3.04. The Morgan fingerprint density at radius 3 is 2.80 bits per heavy atom. The number of aryl methyl sites for hydroxylation is 2. The monoisotopic (exact) mass is 265 g/mol. The van der Waals surface area contributed by atoms with Gasteiger partial charge < -0.3 is 5.32 Å². The molecular weight excluding hydrogens is 242 g/mol. The van der Waals surface area contributed by atoms with Crippen LogP contribution < -0.4 is 5.32 Å². The second-order valence-electron chi connectivity index (χ2n) is 5.81. The summed E-state index contributed by atoms with van der Waals surface area (Å²) in [6, 6.07) is 18.4. The van der Waals surface area contributed by atoms with E-state index in [2.05, 4.69) is 60.8 Å². The number of para-hydroxylation sites is 1. The lowest BCUT2D eigenvalue weighted by molar-refractivity contribution is 0.628. The zero-order chi connectivity index (χ0) is 13.8. The van der Waals surface area contributed by atoms with E-state index in [0.29, 0.717) is 6.04 Å². The molecule has 0 saturated heterocycles. The van der Waals surface area contributed by atoms with Crippen LogP contribution in [0.3, 0.4) is 0 Å². The maximum atomic E-state index is 3.70. The Morgan fingerprint density at radius 2 is 1.90 bits per heavy atom. The molecule has 1 unspecified atom stereocenters. The SMILES string of the molecule is CCCc1cccc(CC2CCc3ccccc3N2)c1. The molecule has 1 atom stereocenters. The molecule has 3 rings (SSSR count). The molecule has 0 saturated carbocycles. The lowest BCUT2D eigenvalue weighted by Gasteiger charge is -2.27. The predicted octanol–water partition coefficient (Wildman–Crippen LogP) is 4.61. The summed E-state index contributed by atoms with van der Waals surface area (Å²) >= 11 is 0. The molecule has 1 heterocycles. The van der Waals surface area contributed by atoms with Crippen LogP contribution in [0, 0.1) is 0 Å². The molecule has 0 aliphatic carbocycles. The molecule has 1 nitrogen and oxygen atoms in total. The summed E-state index contributed by atoms with van der Waals surface area (Å²) < 4.78 is 0. The third-order valence-electron chi connectivity index (χ3n) is 4.15. The zero-order valence-electron chi connectivity index (χ0n) is 12.2. The fraction of sp³-hybridized carbons (Fsp3) is 0.368. The highest BCUT2D eigenvalue weighted by molar-refractivity contribution is 5.54. The first-order chi connectivity index (χ1) is 9.85. The molecule has 1 heteroatoms. The molecule has 2 aromatic carbocycles. The second-order valence-corrected chi connectivity index (χ2v) is 5.81. The summed E-state index contributed by atoms with van der Waals surface area (Å²) in [7, 11) is 0. The van der Waals surface area contributed by atoms with E-state index < -0.39 is 0 Å². The molecule has 1 N–H and O–H groups in total. The van der Waals surface area contributed by atoms with Crippen LogP contribution in [0.1, 0.15) is 36.5 Å². The van der Waals surface area contributed by atoms with E-state index in [0.717, 1.165) is 6.42 Å². The smallest absolute Gasteiger partial charge is 0.0374 e. The molecule has 0 fully saturated rings. The van der Waals surface area contributed by atoms with Gasteiger partial charge in [-0.2, -0.15) is 0 Å². The van der Waals surface area contributed by atoms with Crippen molar-refractivity contribution < 1.29 is 0 Å². The fourth-order valence-corrected chi connectivity index (χ4v) is 3.14. The number of hydrogen-bond donors (Lipinski definition) is 1. The summed E-state index contributed by atoms with van der Waals surface area (Å²) in [5.41, 5.74) is 5.73. The highest BCUT2D eigenvalue weighted by Gasteiger charge is 2.17. The highest BCUT2D eigenvalue weighted by Crippen LogP contribution is 2.26. The lowest BCUT2D eigenvalue weighted by atomic mass is 9.93. The van der Waals surface area contributed by atoms with Crippen LogP contribution in [-0.2, 0) is 19.3 Å². The minimum atomic E-state index is 0.571. The van der Waals surface area contributed by atoms with Gasteiger partial charge in [0.05, 0.1) is 0 Å². The van der Waals surface area contributed by atoms with Crippen molar-refractivity contribution in [1.29, 1.82) is 0 Å². The van der Waals surface area contributed by atoms with Gasteiger partial charge in [0.1, 0.15) is 0 Å². The molecule has 0 bridgehead atoms. The van der Waals surface area contributed by atoms with Crippen molar-refractivity contribution in [3.8, 4) is 0 Å². The van der Waals surface area contributed by atoms with Gasteiger partial charge in [0.25, 0.3) is 0 Å². The molecule has 2 aromatic rings. The van der Waals surface area contributed by atoms with Gasteiger partial charge in [-0.25, -0.2) is 0 Å². The molecule has 20 heavy (non-hydrogen) atoms. The maximum Gasteiger partial charge on any atom is 0.0374 e. The summed E-state index contributed by atoms with van der Waals surface area (Å²) in [5, 5.41) is 3.70. The van der Waals surface area contributed by atoms with Crippen LogP contribution in [0.5, 0.6) is 0 Å². The first-order valence-electron chi connectivity index (χ1n) is 7.77. The Labute approximate surface area is 122 Å². The van der Waals surface area contributed by atoms with E-state index in [4.69, 9.17) is 0 Å². The van der Waals surface area contributed by atoms with Crippen molar-refractivity contribution in [2.24, 2.45) is 0 Å². The molecule has 1 aliphatic heterocycles. The number of benzene rings is 2. The van der Waals surface area contributed by atoms with Gasteiger partial charge in [-0.3, -0.25) is 0 Å². The van der Waals surface area contributed by atoms with E-state index in [1.54, 1.807) is 0 Å². The summed E-state index contributed by atoms with van der Waals surface area (Å²) in [6.45, 7) is 2.24. The Balaban J connectivity index is 1.69. The predicted molar refractivity (Wildman–Crippen MR) is 86.3 cm³/mol. The van der Waals surface area contributed by atoms with Gasteiger partial charge in [-0.15, -0.1) is 0 Å². The van der Waals surface area contributed by atoms with Crippen molar-refractivity contribution >= 4 is 5.69 Å². The Kier molecular flexibility index (Phi) is 4.05. The minimum Gasteiger partial charge on any atom is -0.382 e. The van der Waals surface area contributed by atoms with Crippen LogP contribution in [0.25, 0.3) is 0 Å². The number of nitrogens with one attached hydrogen (secondary N) is 1. The van der Waals surface area contributed by atoms with Gasteiger partial charge in [0.2, 0.25) is 0 Å².